The van der Waals surface area contributed by atoms with Gasteiger partial charge < -0.3 is 5.32 Å². The van der Waals surface area contributed by atoms with Crippen molar-refractivity contribution in [3.63, 3.8) is 0 Å². The van der Waals surface area contributed by atoms with Gasteiger partial charge in [0.15, 0.2) is 11.6 Å². The Bertz CT molecular complexity index is 315. The lowest BCUT2D eigenvalue weighted by Crippen LogP contribution is -2.24. The Hall–Kier alpha value is -1.29. The number of ketones is 1. The van der Waals surface area contributed by atoms with Crippen LogP contribution in [0.1, 0.15) is 23.7 Å². The van der Waals surface area contributed by atoms with Crippen molar-refractivity contribution in [2.45, 2.75) is 13.3 Å². The molecule has 0 amide bonds. The lowest BCUT2D eigenvalue weighted by atomic mass is 10.1. The highest BCUT2D eigenvalue weighted by Crippen LogP contribution is 2.04. The van der Waals surface area contributed by atoms with E-state index in [1.54, 1.807) is 0 Å². The average molecular weight is 196 g/mol. The molecule has 1 heterocycles. The summed E-state index contributed by atoms with van der Waals surface area (Å²) in [6, 6.07) is 1.39. The number of aromatic nitrogens is 1. The highest BCUT2D eigenvalue weighted by Gasteiger charge is 2.09. The van der Waals surface area contributed by atoms with Gasteiger partial charge in [-0.1, -0.05) is 6.92 Å². The van der Waals surface area contributed by atoms with Gasteiger partial charge in [0, 0.05) is 6.20 Å². The number of nitrogens with one attached hydrogen (secondary N) is 1. The van der Waals surface area contributed by atoms with Gasteiger partial charge in [0.05, 0.1) is 18.3 Å². The molecule has 14 heavy (non-hydrogen) atoms. The van der Waals surface area contributed by atoms with E-state index in [0.29, 0.717) is 0 Å². The zero-order valence-electron chi connectivity index (χ0n) is 8.09. The largest absolute Gasteiger partial charge is 0.310 e. The number of hydrogen-bond donors (Lipinski definition) is 1. The molecule has 0 saturated heterocycles. The summed E-state index contributed by atoms with van der Waals surface area (Å²) in [5.41, 5.74) is 0.101. The molecular formula is C10H13FN2O. The second-order valence-corrected chi connectivity index (χ2v) is 2.96. The molecule has 0 unspecified atom stereocenters. The minimum absolute atomic E-state index is 0.101. The molecular weight excluding hydrogens is 183 g/mol. The van der Waals surface area contributed by atoms with Gasteiger partial charge in [-0.05, 0) is 19.0 Å². The van der Waals surface area contributed by atoms with Crippen LogP contribution in [-0.4, -0.2) is 23.9 Å². The third-order valence-electron chi connectivity index (χ3n) is 1.79. The van der Waals surface area contributed by atoms with Gasteiger partial charge in [-0.3, -0.25) is 9.78 Å². The number of nitrogens with zero attached hydrogens (tertiary/aromatic N) is 1. The van der Waals surface area contributed by atoms with E-state index >= 15 is 0 Å². The predicted octanol–water partition coefficient (Wildman–Crippen LogP) is 1.40. The smallest absolute Gasteiger partial charge is 0.179 e. The second-order valence-electron chi connectivity index (χ2n) is 2.96. The molecule has 0 aliphatic rings. The number of halogens is 1. The first kappa shape index (κ1) is 10.8. The first-order valence-corrected chi connectivity index (χ1v) is 4.59. The zero-order chi connectivity index (χ0) is 10.4. The predicted molar refractivity (Wildman–Crippen MR) is 51.7 cm³/mol. The van der Waals surface area contributed by atoms with E-state index in [2.05, 4.69) is 10.3 Å². The molecule has 0 aliphatic carbocycles. The van der Waals surface area contributed by atoms with Crippen molar-refractivity contribution in [2.24, 2.45) is 0 Å². The fraction of sp³-hybridized carbons (Fsp3) is 0.400. The Morgan fingerprint density at radius 1 is 1.64 bits per heavy atom. The van der Waals surface area contributed by atoms with Gasteiger partial charge >= 0.3 is 0 Å². The van der Waals surface area contributed by atoms with Crippen LogP contribution in [0, 0.1) is 5.82 Å². The maximum atomic E-state index is 13.0. The van der Waals surface area contributed by atoms with Crippen molar-refractivity contribution < 1.29 is 9.18 Å². The lowest BCUT2D eigenvalue weighted by molar-refractivity contribution is 0.0987. The van der Waals surface area contributed by atoms with Crippen LogP contribution in [0.4, 0.5) is 4.39 Å². The van der Waals surface area contributed by atoms with E-state index in [4.69, 9.17) is 0 Å². The number of pyridine rings is 1. The van der Waals surface area contributed by atoms with E-state index in [1.165, 1.54) is 12.3 Å². The number of Topliss-reactive ketones (excluding diaryl/α,β-unsaturated/α-hetero) is 1. The molecule has 0 saturated carbocycles. The maximum absolute atomic E-state index is 13.0. The molecule has 76 valence electrons. The minimum atomic E-state index is -0.559. The highest BCUT2D eigenvalue weighted by molar-refractivity contribution is 5.97. The number of carbonyl (C=O) groups is 1. The molecule has 0 spiro atoms. The molecule has 0 aromatic carbocycles. The topological polar surface area (TPSA) is 42.0 Å². The molecule has 1 aromatic rings. The van der Waals surface area contributed by atoms with Gasteiger partial charge in [-0.2, -0.15) is 0 Å². The first-order chi connectivity index (χ1) is 6.75. The normalized spacial score (nSPS) is 10.1. The highest BCUT2D eigenvalue weighted by atomic mass is 19.1. The van der Waals surface area contributed by atoms with Crippen LogP contribution >= 0.6 is 0 Å². The molecule has 3 nitrogen and oxygen atoms in total. The van der Waals surface area contributed by atoms with Crippen LogP contribution < -0.4 is 5.32 Å². The van der Waals surface area contributed by atoms with Gasteiger partial charge in [-0.25, -0.2) is 4.39 Å². The SMILES string of the molecule is CCCNCC(=O)c1ccncc1F. The molecule has 1 N–H and O–H groups in total. The fourth-order valence-electron chi connectivity index (χ4n) is 1.08. The van der Waals surface area contributed by atoms with Gasteiger partial charge in [0.2, 0.25) is 0 Å². The Balaban J connectivity index is 2.56. The summed E-state index contributed by atoms with van der Waals surface area (Å²) < 4.78 is 13.0. The third kappa shape index (κ3) is 2.88. The Kier molecular flexibility index (Phi) is 4.19. The quantitative estimate of drug-likeness (QED) is 0.571. The maximum Gasteiger partial charge on any atom is 0.179 e. The molecule has 4 heteroatoms. The van der Waals surface area contributed by atoms with Gasteiger partial charge in [0.25, 0.3) is 0 Å². The van der Waals surface area contributed by atoms with Crippen molar-refractivity contribution >= 4 is 5.78 Å². The number of carbonyl (C=O) groups excluding carboxylic acids is 1. The Labute approximate surface area is 82.4 Å². The fourth-order valence-corrected chi connectivity index (χ4v) is 1.08. The molecule has 0 radical (unpaired) electrons. The summed E-state index contributed by atoms with van der Waals surface area (Å²) in [6.45, 7) is 2.94. The van der Waals surface area contributed by atoms with Crippen LogP contribution in [0.2, 0.25) is 0 Å². The van der Waals surface area contributed by atoms with E-state index in [-0.39, 0.29) is 17.9 Å². The van der Waals surface area contributed by atoms with Crippen LogP contribution in [0.15, 0.2) is 18.5 Å². The van der Waals surface area contributed by atoms with Gasteiger partial charge in [-0.15, -0.1) is 0 Å². The standard InChI is InChI=1S/C10H13FN2O/c1-2-4-12-7-10(14)8-3-5-13-6-9(8)11/h3,5-6,12H,2,4,7H2,1H3. The van der Waals surface area contributed by atoms with E-state index < -0.39 is 5.82 Å². The molecule has 1 rings (SSSR count). The summed E-state index contributed by atoms with van der Waals surface area (Å²) >= 11 is 0. The lowest BCUT2D eigenvalue weighted by Gasteiger charge is -2.02. The Morgan fingerprint density at radius 3 is 3.07 bits per heavy atom. The van der Waals surface area contributed by atoms with Crippen LogP contribution in [0.25, 0.3) is 0 Å². The van der Waals surface area contributed by atoms with Crippen molar-refractivity contribution in [3.8, 4) is 0 Å². The average Bonchev–Trinajstić information content (AvgIpc) is 2.18. The van der Waals surface area contributed by atoms with E-state index in [0.717, 1.165) is 19.2 Å². The number of hydrogen-bond acceptors (Lipinski definition) is 3. The van der Waals surface area contributed by atoms with Crippen molar-refractivity contribution in [3.05, 3.63) is 29.8 Å². The number of rotatable bonds is 5. The zero-order valence-corrected chi connectivity index (χ0v) is 8.09. The van der Waals surface area contributed by atoms with Crippen molar-refractivity contribution in [1.29, 1.82) is 0 Å². The summed E-state index contributed by atoms with van der Waals surface area (Å²) in [4.78, 5) is 15.0. The molecule has 0 atom stereocenters. The van der Waals surface area contributed by atoms with Crippen molar-refractivity contribution in [1.82, 2.24) is 10.3 Å². The van der Waals surface area contributed by atoms with E-state index in [1.807, 2.05) is 6.92 Å². The summed E-state index contributed by atoms with van der Waals surface area (Å²) in [7, 11) is 0. The summed E-state index contributed by atoms with van der Waals surface area (Å²) in [6.07, 6.45) is 3.41. The van der Waals surface area contributed by atoms with Crippen molar-refractivity contribution in [2.75, 3.05) is 13.1 Å². The van der Waals surface area contributed by atoms with Crippen LogP contribution in [-0.2, 0) is 0 Å². The summed E-state index contributed by atoms with van der Waals surface area (Å²) in [5, 5.41) is 2.92. The molecule has 0 aliphatic heterocycles. The molecule has 0 bridgehead atoms. The Morgan fingerprint density at radius 2 is 2.43 bits per heavy atom. The molecule has 0 fully saturated rings. The first-order valence-electron chi connectivity index (χ1n) is 4.59. The monoisotopic (exact) mass is 196 g/mol. The summed E-state index contributed by atoms with van der Waals surface area (Å²) in [5.74, 6) is -0.797. The molecule has 1 aromatic heterocycles. The van der Waals surface area contributed by atoms with E-state index in [9.17, 15) is 9.18 Å². The van der Waals surface area contributed by atoms with Crippen LogP contribution in [0.5, 0.6) is 0 Å². The minimum Gasteiger partial charge on any atom is -0.310 e. The second kappa shape index (κ2) is 5.44. The van der Waals surface area contributed by atoms with Gasteiger partial charge in [0.1, 0.15) is 0 Å². The third-order valence-corrected chi connectivity index (χ3v) is 1.79. The van der Waals surface area contributed by atoms with Crippen LogP contribution in [0.3, 0.4) is 0 Å².